The van der Waals surface area contributed by atoms with Gasteiger partial charge in [0.05, 0.1) is 10.7 Å². The number of aliphatic carboxylic acids is 1. The molecule has 2 aliphatic rings. The second-order valence-electron chi connectivity index (χ2n) is 8.64. The molecule has 0 spiro atoms. The number of carboxylic acid groups (broad SMARTS) is 1. The lowest BCUT2D eigenvalue weighted by molar-refractivity contribution is -0.141. The second kappa shape index (κ2) is 9.43. The summed E-state index contributed by atoms with van der Waals surface area (Å²) in [5, 5.41) is 12.1. The maximum absolute atomic E-state index is 12.8. The van der Waals surface area contributed by atoms with Gasteiger partial charge in [-0.05, 0) is 53.3 Å². The number of likely N-dealkylation sites (tertiary alicyclic amines) is 1. The van der Waals surface area contributed by atoms with Gasteiger partial charge < -0.3 is 14.7 Å². The zero-order valence-electron chi connectivity index (χ0n) is 18.7. The Morgan fingerprint density at radius 2 is 1.66 bits per heavy atom. The molecule has 35 heavy (non-hydrogen) atoms. The third-order valence-electron chi connectivity index (χ3n) is 6.60. The van der Waals surface area contributed by atoms with Gasteiger partial charge in [-0.3, -0.25) is 10.1 Å². The van der Waals surface area contributed by atoms with E-state index in [-0.39, 0.29) is 23.1 Å². The normalized spacial score (nSPS) is 16.5. The van der Waals surface area contributed by atoms with Crippen LogP contribution in [-0.2, 0) is 9.53 Å². The fourth-order valence-electron chi connectivity index (χ4n) is 4.93. The molecule has 3 aromatic carbocycles. The van der Waals surface area contributed by atoms with Crippen molar-refractivity contribution < 1.29 is 24.2 Å². The molecule has 0 radical (unpaired) electrons. The molecule has 0 aromatic heterocycles. The molecular weight excluding hydrogens is 468 g/mol. The highest BCUT2D eigenvalue weighted by molar-refractivity contribution is 6.34. The van der Waals surface area contributed by atoms with Gasteiger partial charge in [0.25, 0.3) is 5.91 Å². The summed E-state index contributed by atoms with van der Waals surface area (Å²) in [5.41, 5.74) is 5.08. The predicted molar refractivity (Wildman–Crippen MR) is 132 cm³/mol. The van der Waals surface area contributed by atoms with Crippen molar-refractivity contribution >= 4 is 35.3 Å². The number of anilines is 1. The molecule has 1 aliphatic heterocycles. The van der Waals surface area contributed by atoms with Crippen LogP contribution >= 0.6 is 11.6 Å². The summed E-state index contributed by atoms with van der Waals surface area (Å²) in [6.45, 7) is 0.548. The number of rotatable bonds is 5. The first-order valence-electron chi connectivity index (χ1n) is 11.4. The lowest BCUT2D eigenvalue weighted by Gasteiger charge is -2.21. The van der Waals surface area contributed by atoms with E-state index >= 15 is 0 Å². The Hall–Kier alpha value is -3.84. The van der Waals surface area contributed by atoms with Gasteiger partial charge in [-0.25, -0.2) is 9.59 Å². The van der Waals surface area contributed by atoms with E-state index in [4.69, 9.17) is 16.3 Å². The smallest absolute Gasteiger partial charge is 0.411 e. The third kappa shape index (κ3) is 4.35. The zero-order chi connectivity index (χ0) is 24.5. The molecule has 1 fully saturated rings. The molecule has 5 rings (SSSR count). The Morgan fingerprint density at radius 1 is 1.00 bits per heavy atom. The maximum atomic E-state index is 12.8. The summed E-state index contributed by atoms with van der Waals surface area (Å²) in [7, 11) is 0. The van der Waals surface area contributed by atoms with Gasteiger partial charge in [-0.2, -0.15) is 0 Å². The van der Waals surface area contributed by atoms with Crippen LogP contribution in [0.3, 0.4) is 0 Å². The lowest BCUT2D eigenvalue weighted by atomic mass is 9.98. The van der Waals surface area contributed by atoms with E-state index in [9.17, 15) is 19.5 Å². The molecule has 1 aliphatic carbocycles. The van der Waals surface area contributed by atoms with Crippen LogP contribution in [0.4, 0.5) is 10.5 Å². The van der Waals surface area contributed by atoms with Gasteiger partial charge in [-0.15, -0.1) is 0 Å². The Morgan fingerprint density at radius 3 is 2.29 bits per heavy atom. The molecule has 178 valence electrons. The quantitative estimate of drug-likeness (QED) is 0.500. The average Bonchev–Trinajstić information content (AvgIpc) is 3.47. The van der Waals surface area contributed by atoms with Gasteiger partial charge in [0.15, 0.2) is 0 Å². The van der Waals surface area contributed by atoms with Crippen LogP contribution in [-0.4, -0.2) is 47.2 Å². The van der Waals surface area contributed by atoms with Crippen molar-refractivity contribution in [2.75, 3.05) is 18.5 Å². The number of hydrogen-bond acceptors (Lipinski definition) is 4. The van der Waals surface area contributed by atoms with Crippen LogP contribution in [0.1, 0.15) is 40.2 Å². The summed E-state index contributed by atoms with van der Waals surface area (Å²) in [6.07, 6.45) is 0.409. The van der Waals surface area contributed by atoms with E-state index in [1.165, 1.54) is 23.1 Å². The van der Waals surface area contributed by atoms with Crippen molar-refractivity contribution in [1.29, 1.82) is 0 Å². The van der Waals surface area contributed by atoms with Gasteiger partial charge >= 0.3 is 12.1 Å². The molecule has 3 aromatic rings. The summed E-state index contributed by atoms with van der Waals surface area (Å²) in [6, 6.07) is 19.8. The zero-order valence-corrected chi connectivity index (χ0v) is 19.5. The summed E-state index contributed by atoms with van der Waals surface area (Å²) < 4.78 is 5.55. The van der Waals surface area contributed by atoms with E-state index in [2.05, 4.69) is 17.4 Å². The first-order chi connectivity index (χ1) is 16.9. The number of carbonyl (C=O) groups excluding carboxylic acids is 2. The Kier molecular flexibility index (Phi) is 6.17. The highest BCUT2D eigenvalue weighted by Gasteiger charge is 2.34. The molecule has 1 heterocycles. The summed E-state index contributed by atoms with van der Waals surface area (Å²) >= 11 is 6.33. The minimum absolute atomic E-state index is 0.0636. The number of nitrogens with one attached hydrogen (secondary N) is 1. The van der Waals surface area contributed by atoms with Gasteiger partial charge in [0.2, 0.25) is 0 Å². The number of carbonyl (C=O) groups is 3. The van der Waals surface area contributed by atoms with Crippen LogP contribution in [0.5, 0.6) is 0 Å². The standard InChI is InChI=1S/C27H23ClN2O5/c28-22-14-16(25(31)30-13-5-10-24(30)26(32)33)11-12-23(22)29-27(34)35-15-21-19-8-3-1-6-17(19)18-7-2-4-9-20(18)21/h1-4,6-9,11-12,14,21,24H,5,10,13,15H2,(H,29,34)(H,32,33)/t24-/m1/s1. The SMILES string of the molecule is O=C(Nc1ccc(C(=O)N2CCC[C@@H]2C(=O)O)cc1Cl)OCC1c2ccccc2-c2ccccc21. The monoisotopic (exact) mass is 490 g/mol. The number of ether oxygens (including phenoxy) is 1. The Labute approximate surface area is 207 Å². The van der Waals surface area contributed by atoms with Crippen molar-refractivity contribution in [3.05, 3.63) is 88.4 Å². The number of carboxylic acids is 1. The number of amides is 2. The van der Waals surface area contributed by atoms with Crippen LogP contribution < -0.4 is 5.32 Å². The van der Waals surface area contributed by atoms with E-state index in [0.29, 0.717) is 25.1 Å². The van der Waals surface area contributed by atoms with Crippen LogP contribution in [0, 0.1) is 0 Å². The highest BCUT2D eigenvalue weighted by Crippen LogP contribution is 2.44. The average molecular weight is 491 g/mol. The van der Waals surface area contributed by atoms with Gasteiger partial charge in [0.1, 0.15) is 12.6 Å². The maximum Gasteiger partial charge on any atom is 0.411 e. The van der Waals surface area contributed by atoms with Crippen LogP contribution in [0.15, 0.2) is 66.7 Å². The fraction of sp³-hybridized carbons (Fsp3) is 0.222. The number of hydrogen-bond donors (Lipinski definition) is 2. The van der Waals surface area contributed by atoms with Gasteiger partial charge in [-0.1, -0.05) is 60.1 Å². The van der Waals surface area contributed by atoms with Crippen molar-refractivity contribution in [3.63, 3.8) is 0 Å². The van der Waals surface area contributed by atoms with E-state index in [1.807, 2.05) is 36.4 Å². The second-order valence-corrected chi connectivity index (χ2v) is 9.05. The van der Waals surface area contributed by atoms with Crippen molar-refractivity contribution in [1.82, 2.24) is 4.90 Å². The Bertz CT molecular complexity index is 1280. The molecular formula is C27H23ClN2O5. The molecule has 2 amide bonds. The molecule has 0 bridgehead atoms. The molecule has 8 heteroatoms. The molecule has 2 N–H and O–H groups in total. The van der Waals surface area contributed by atoms with E-state index in [0.717, 1.165) is 22.3 Å². The molecule has 7 nitrogen and oxygen atoms in total. The highest BCUT2D eigenvalue weighted by atomic mass is 35.5. The minimum Gasteiger partial charge on any atom is -0.480 e. The van der Waals surface area contributed by atoms with Crippen LogP contribution in [0.25, 0.3) is 11.1 Å². The Balaban J connectivity index is 1.25. The fourth-order valence-corrected chi connectivity index (χ4v) is 5.15. The lowest BCUT2D eigenvalue weighted by Crippen LogP contribution is -2.40. The summed E-state index contributed by atoms with van der Waals surface area (Å²) in [4.78, 5) is 38.1. The first-order valence-corrected chi connectivity index (χ1v) is 11.8. The van der Waals surface area contributed by atoms with E-state index in [1.54, 1.807) is 0 Å². The minimum atomic E-state index is -1.02. The number of fused-ring (bicyclic) bond motifs is 3. The van der Waals surface area contributed by atoms with Crippen molar-refractivity contribution in [2.45, 2.75) is 24.8 Å². The largest absolute Gasteiger partial charge is 0.480 e. The molecule has 0 saturated carbocycles. The molecule has 1 saturated heterocycles. The van der Waals surface area contributed by atoms with Crippen LogP contribution in [0.2, 0.25) is 5.02 Å². The predicted octanol–water partition coefficient (Wildman–Crippen LogP) is 5.39. The summed E-state index contributed by atoms with van der Waals surface area (Å²) in [5.74, 6) is -1.48. The number of benzene rings is 3. The number of nitrogens with zero attached hydrogens (tertiary/aromatic N) is 1. The van der Waals surface area contributed by atoms with E-state index < -0.39 is 24.0 Å². The third-order valence-corrected chi connectivity index (χ3v) is 6.91. The number of halogens is 1. The first kappa shape index (κ1) is 22.9. The molecule has 0 unspecified atom stereocenters. The van der Waals surface area contributed by atoms with Crippen molar-refractivity contribution in [2.24, 2.45) is 0 Å². The van der Waals surface area contributed by atoms with Crippen molar-refractivity contribution in [3.8, 4) is 11.1 Å². The topological polar surface area (TPSA) is 95.9 Å². The molecule has 1 atom stereocenters. The van der Waals surface area contributed by atoms with Gasteiger partial charge in [0, 0.05) is 18.0 Å².